The van der Waals surface area contributed by atoms with Crippen LogP contribution in [0.2, 0.25) is 0 Å². The molecule has 1 aromatic rings. The van der Waals surface area contributed by atoms with Gasteiger partial charge in [-0.1, -0.05) is 25.1 Å². The number of carbonyl (C=O) groups is 2. The third-order valence-electron chi connectivity index (χ3n) is 1.56. The number of hydrogen-bond donors (Lipinski definition) is 0. The van der Waals surface area contributed by atoms with Gasteiger partial charge in [0.2, 0.25) is 0 Å². The zero-order valence-electron chi connectivity index (χ0n) is 8.43. The summed E-state index contributed by atoms with van der Waals surface area (Å²) in [5.41, 5.74) is 0. The van der Waals surface area contributed by atoms with Gasteiger partial charge >= 0.3 is 11.9 Å². The van der Waals surface area contributed by atoms with E-state index in [2.05, 4.69) is 4.74 Å². The first-order valence-corrected chi connectivity index (χ1v) is 4.68. The Morgan fingerprint density at radius 2 is 1.80 bits per heavy atom. The average molecular weight is 208 g/mol. The lowest BCUT2D eigenvalue weighted by molar-refractivity contribution is -0.162. The Hall–Kier alpha value is -1.84. The lowest BCUT2D eigenvalue weighted by Gasteiger charge is -2.03. The van der Waals surface area contributed by atoms with E-state index in [0.717, 1.165) is 0 Å². The van der Waals surface area contributed by atoms with E-state index in [1.54, 1.807) is 30.3 Å². The van der Waals surface area contributed by atoms with Gasteiger partial charge in [-0.3, -0.25) is 0 Å². The fourth-order valence-electron chi connectivity index (χ4n) is 0.891. The van der Waals surface area contributed by atoms with Crippen LogP contribution in [0.4, 0.5) is 0 Å². The Morgan fingerprint density at radius 1 is 1.13 bits per heavy atom. The maximum atomic E-state index is 11.1. The number of para-hydroxylation sites is 1. The van der Waals surface area contributed by atoms with Crippen LogP contribution in [0.1, 0.15) is 13.3 Å². The van der Waals surface area contributed by atoms with Crippen molar-refractivity contribution in [2.45, 2.75) is 13.3 Å². The van der Waals surface area contributed by atoms with Crippen LogP contribution >= 0.6 is 0 Å². The first kappa shape index (κ1) is 11.2. The van der Waals surface area contributed by atoms with Crippen molar-refractivity contribution in [3.63, 3.8) is 0 Å². The summed E-state index contributed by atoms with van der Waals surface area (Å²) in [6, 6.07) is 8.38. The van der Waals surface area contributed by atoms with Gasteiger partial charge in [-0.05, 0) is 18.6 Å². The molecular formula is C11H12O4. The monoisotopic (exact) mass is 208 g/mol. The van der Waals surface area contributed by atoms with Crippen LogP contribution in [0.5, 0.6) is 5.75 Å². The minimum absolute atomic E-state index is 0.225. The number of esters is 2. The molecule has 0 aliphatic rings. The van der Waals surface area contributed by atoms with Crippen LogP contribution in [0, 0.1) is 0 Å². The topological polar surface area (TPSA) is 52.6 Å². The van der Waals surface area contributed by atoms with Crippen molar-refractivity contribution in [1.82, 2.24) is 0 Å². The Morgan fingerprint density at radius 3 is 2.40 bits per heavy atom. The minimum atomic E-state index is -0.991. The van der Waals surface area contributed by atoms with E-state index in [1.165, 1.54) is 0 Å². The highest BCUT2D eigenvalue weighted by atomic mass is 16.6. The second-order valence-corrected chi connectivity index (χ2v) is 2.84. The standard InChI is InChI=1S/C11H12O4/c1-2-8-14-10(12)11(13)15-9-6-4-3-5-7-9/h3-7H,2,8H2,1H3. The van der Waals surface area contributed by atoms with Gasteiger partial charge < -0.3 is 9.47 Å². The molecule has 0 aliphatic carbocycles. The van der Waals surface area contributed by atoms with Crippen molar-refractivity contribution in [3.05, 3.63) is 30.3 Å². The molecule has 0 aliphatic heterocycles. The Balaban J connectivity index is 2.45. The highest BCUT2D eigenvalue weighted by Gasteiger charge is 2.17. The molecule has 15 heavy (non-hydrogen) atoms. The van der Waals surface area contributed by atoms with Crippen LogP contribution < -0.4 is 4.74 Å². The van der Waals surface area contributed by atoms with Gasteiger partial charge in [-0.2, -0.15) is 0 Å². The number of benzene rings is 1. The number of carbonyl (C=O) groups excluding carboxylic acids is 2. The highest BCUT2D eigenvalue weighted by Crippen LogP contribution is 2.08. The van der Waals surface area contributed by atoms with Crippen molar-refractivity contribution < 1.29 is 19.1 Å². The SMILES string of the molecule is CCCOC(=O)C(=O)Oc1ccccc1. The quantitative estimate of drug-likeness (QED) is 0.429. The van der Waals surface area contributed by atoms with Gasteiger partial charge in [0.25, 0.3) is 0 Å². The van der Waals surface area contributed by atoms with Gasteiger partial charge in [0, 0.05) is 0 Å². The summed E-state index contributed by atoms with van der Waals surface area (Å²) >= 11 is 0. The fourth-order valence-corrected chi connectivity index (χ4v) is 0.891. The molecule has 0 heterocycles. The molecule has 4 heteroatoms. The Labute approximate surface area is 87.8 Å². The van der Waals surface area contributed by atoms with Crippen molar-refractivity contribution in [3.8, 4) is 5.75 Å². The molecule has 0 unspecified atom stereocenters. The van der Waals surface area contributed by atoms with Crippen molar-refractivity contribution in [2.24, 2.45) is 0 Å². The summed E-state index contributed by atoms with van der Waals surface area (Å²) in [6.45, 7) is 2.07. The maximum Gasteiger partial charge on any atom is 0.422 e. The molecule has 0 fully saturated rings. The van der Waals surface area contributed by atoms with E-state index in [1.807, 2.05) is 6.92 Å². The van der Waals surface area contributed by atoms with Crippen LogP contribution in [-0.2, 0) is 14.3 Å². The van der Waals surface area contributed by atoms with Gasteiger partial charge in [-0.15, -0.1) is 0 Å². The number of rotatable bonds is 3. The van der Waals surface area contributed by atoms with Gasteiger partial charge in [0.1, 0.15) is 5.75 Å². The van der Waals surface area contributed by atoms with E-state index in [9.17, 15) is 9.59 Å². The molecule has 0 N–H and O–H groups in total. The van der Waals surface area contributed by atoms with E-state index in [0.29, 0.717) is 12.2 Å². The number of ether oxygens (including phenoxy) is 2. The van der Waals surface area contributed by atoms with Crippen molar-refractivity contribution in [2.75, 3.05) is 6.61 Å². The largest absolute Gasteiger partial charge is 0.457 e. The predicted molar refractivity (Wildman–Crippen MR) is 53.3 cm³/mol. The summed E-state index contributed by atoms with van der Waals surface area (Å²) in [5.74, 6) is -1.62. The van der Waals surface area contributed by atoms with Crippen LogP contribution in [0.15, 0.2) is 30.3 Å². The zero-order valence-corrected chi connectivity index (χ0v) is 8.43. The van der Waals surface area contributed by atoms with Gasteiger partial charge in [-0.25, -0.2) is 9.59 Å². The first-order chi connectivity index (χ1) is 7.24. The van der Waals surface area contributed by atoms with Crippen LogP contribution in [0.3, 0.4) is 0 Å². The summed E-state index contributed by atoms with van der Waals surface area (Å²) in [6.07, 6.45) is 0.671. The molecule has 0 radical (unpaired) electrons. The van der Waals surface area contributed by atoms with Crippen LogP contribution in [-0.4, -0.2) is 18.5 Å². The molecule has 0 atom stereocenters. The van der Waals surface area contributed by atoms with E-state index < -0.39 is 11.9 Å². The zero-order chi connectivity index (χ0) is 11.1. The van der Waals surface area contributed by atoms with E-state index in [-0.39, 0.29) is 6.61 Å². The lowest BCUT2D eigenvalue weighted by Crippen LogP contribution is -2.23. The van der Waals surface area contributed by atoms with E-state index in [4.69, 9.17) is 4.74 Å². The average Bonchev–Trinajstić information content (AvgIpc) is 2.27. The normalized spacial score (nSPS) is 9.40. The molecule has 80 valence electrons. The molecule has 4 nitrogen and oxygen atoms in total. The van der Waals surface area contributed by atoms with Crippen molar-refractivity contribution >= 4 is 11.9 Å². The third-order valence-corrected chi connectivity index (χ3v) is 1.56. The second-order valence-electron chi connectivity index (χ2n) is 2.84. The summed E-state index contributed by atoms with van der Waals surface area (Å²) in [5, 5.41) is 0. The summed E-state index contributed by atoms with van der Waals surface area (Å²) in [7, 11) is 0. The summed E-state index contributed by atoms with van der Waals surface area (Å²) in [4.78, 5) is 22.1. The molecule has 0 amide bonds. The minimum Gasteiger partial charge on any atom is -0.457 e. The highest BCUT2D eigenvalue weighted by molar-refractivity contribution is 6.30. The second kappa shape index (κ2) is 5.80. The lowest BCUT2D eigenvalue weighted by atomic mass is 10.3. The fraction of sp³-hybridized carbons (Fsp3) is 0.273. The Bertz CT molecular complexity index is 332. The van der Waals surface area contributed by atoms with Gasteiger partial charge in [0.05, 0.1) is 6.61 Å². The predicted octanol–water partition coefficient (Wildman–Crippen LogP) is 1.55. The molecule has 0 bridgehead atoms. The smallest absolute Gasteiger partial charge is 0.422 e. The molecule has 0 saturated carbocycles. The molecule has 0 saturated heterocycles. The molecule has 1 rings (SSSR count). The van der Waals surface area contributed by atoms with Gasteiger partial charge in [0.15, 0.2) is 0 Å². The summed E-state index contributed by atoms with van der Waals surface area (Å²) < 4.78 is 9.37. The molecule has 0 spiro atoms. The third kappa shape index (κ3) is 3.81. The first-order valence-electron chi connectivity index (χ1n) is 4.68. The molecule has 1 aromatic carbocycles. The molecular weight excluding hydrogens is 196 g/mol. The Kier molecular flexibility index (Phi) is 4.34. The van der Waals surface area contributed by atoms with Crippen molar-refractivity contribution in [1.29, 1.82) is 0 Å². The number of hydrogen-bond acceptors (Lipinski definition) is 4. The van der Waals surface area contributed by atoms with E-state index >= 15 is 0 Å². The molecule has 0 aromatic heterocycles. The maximum absolute atomic E-state index is 11.1. The van der Waals surface area contributed by atoms with Crippen LogP contribution in [0.25, 0.3) is 0 Å².